The van der Waals surface area contributed by atoms with Crippen molar-refractivity contribution in [3.63, 3.8) is 0 Å². The first kappa shape index (κ1) is 55.2. The molecule has 1 aromatic heterocycles. The highest BCUT2D eigenvalue weighted by molar-refractivity contribution is 7.26. The molecule has 0 saturated carbocycles. The van der Waals surface area contributed by atoms with Crippen LogP contribution >= 0.6 is 11.3 Å². The van der Waals surface area contributed by atoms with Gasteiger partial charge in [0.15, 0.2) is 0 Å². The van der Waals surface area contributed by atoms with E-state index in [0.717, 1.165) is 56.4 Å². The predicted molar refractivity (Wildman–Crippen MR) is 399 cm³/mol. The molecule has 17 rings (SSSR count). The summed E-state index contributed by atoms with van der Waals surface area (Å²) in [5, 5.41) is 9.95. The molecule has 2 nitrogen and oxygen atoms in total. The van der Waals surface area contributed by atoms with Gasteiger partial charge in [0, 0.05) is 54.0 Å². The van der Waals surface area contributed by atoms with Crippen molar-refractivity contribution in [1.29, 1.82) is 0 Å². The Morgan fingerprint density at radius 2 is 0.495 bits per heavy atom. The van der Waals surface area contributed by atoms with Gasteiger partial charge in [-0.25, -0.2) is 0 Å². The van der Waals surface area contributed by atoms with Crippen molar-refractivity contribution in [1.82, 2.24) is 0 Å². The third-order valence-corrected chi connectivity index (χ3v) is 19.8. The molecule has 1 heterocycles. The Bertz CT molecular complexity index is 5590. The van der Waals surface area contributed by atoms with Crippen LogP contribution in [0.4, 0.5) is 34.1 Å². The monoisotopic (exact) mass is 1200 g/mol. The van der Waals surface area contributed by atoms with Gasteiger partial charge in [0.2, 0.25) is 0 Å². The molecule has 0 amide bonds. The van der Waals surface area contributed by atoms with Gasteiger partial charge in [-0.15, -0.1) is 11.3 Å². The molecule has 16 aromatic carbocycles. The molecule has 93 heavy (non-hydrogen) atoms. The van der Waals surface area contributed by atoms with E-state index in [1.165, 1.54) is 108 Å². The number of hydrogen-bond donors (Lipinski definition) is 0. The van der Waals surface area contributed by atoms with Crippen LogP contribution in [-0.4, -0.2) is 0 Å². The van der Waals surface area contributed by atoms with Gasteiger partial charge in [-0.3, -0.25) is 0 Å². The Labute approximate surface area is 546 Å². The molecule has 436 valence electrons. The lowest BCUT2D eigenvalue weighted by atomic mass is 9.92. The van der Waals surface area contributed by atoms with Crippen molar-refractivity contribution in [2.75, 3.05) is 9.80 Å². The van der Waals surface area contributed by atoms with Crippen molar-refractivity contribution in [3.05, 3.63) is 364 Å². The van der Waals surface area contributed by atoms with Gasteiger partial charge in [-0.05, 0) is 166 Å². The highest BCUT2D eigenvalue weighted by Gasteiger charge is 2.24. The van der Waals surface area contributed by atoms with Crippen LogP contribution in [0.25, 0.3) is 130 Å². The summed E-state index contributed by atoms with van der Waals surface area (Å²) in [6, 6.07) is 134. The van der Waals surface area contributed by atoms with E-state index in [-0.39, 0.29) is 0 Å². The normalized spacial score (nSPS) is 11.4. The fourth-order valence-electron chi connectivity index (χ4n) is 14.0. The fraction of sp³-hybridized carbons (Fsp3) is 0. The Hall–Kier alpha value is -11.9. The first-order valence-electron chi connectivity index (χ1n) is 31.9. The quantitative estimate of drug-likeness (QED) is 0.114. The maximum absolute atomic E-state index is 2.44. The minimum absolute atomic E-state index is 1.05. The van der Waals surface area contributed by atoms with Gasteiger partial charge in [0.1, 0.15) is 0 Å². The molecule has 17 aromatic rings. The number of anilines is 6. The molecule has 0 radical (unpaired) electrons. The Morgan fingerprint density at radius 3 is 1.01 bits per heavy atom. The molecule has 0 saturated heterocycles. The average Bonchev–Trinajstić information content (AvgIpc) is 1.19. The van der Waals surface area contributed by atoms with Crippen LogP contribution in [0.3, 0.4) is 0 Å². The van der Waals surface area contributed by atoms with E-state index >= 15 is 0 Å². The Balaban J connectivity index is 0.803. The molecule has 0 bridgehead atoms. The average molecular weight is 1200 g/mol. The zero-order chi connectivity index (χ0) is 61.6. The first-order valence-corrected chi connectivity index (χ1v) is 32.7. The molecule has 3 heteroatoms. The zero-order valence-electron chi connectivity index (χ0n) is 50.9. The number of fused-ring (bicyclic) bond motifs is 6. The predicted octanol–water partition coefficient (Wildman–Crippen LogP) is 26.1. The molecular weight excluding hydrogens is 1140 g/mol. The number of thiophene rings is 1. The van der Waals surface area contributed by atoms with Crippen LogP contribution in [0.1, 0.15) is 0 Å². The van der Waals surface area contributed by atoms with E-state index in [1.54, 1.807) is 0 Å². The van der Waals surface area contributed by atoms with Crippen molar-refractivity contribution in [3.8, 4) is 77.9 Å². The summed E-state index contributed by atoms with van der Waals surface area (Å²) in [6.45, 7) is 0. The van der Waals surface area contributed by atoms with Gasteiger partial charge >= 0.3 is 0 Å². The maximum atomic E-state index is 2.44. The van der Waals surface area contributed by atoms with Crippen LogP contribution in [0.5, 0.6) is 0 Å². The van der Waals surface area contributed by atoms with Gasteiger partial charge in [0.05, 0.1) is 11.4 Å². The molecule has 0 N–H and O–H groups in total. The van der Waals surface area contributed by atoms with E-state index in [9.17, 15) is 0 Å². The van der Waals surface area contributed by atoms with Crippen molar-refractivity contribution < 1.29 is 0 Å². The summed E-state index contributed by atoms with van der Waals surface area (Å²) in [7, 11) is 0. The summed E-state index contributed by atoms with van der Waals surface area (Å²) in [6.07, 6.45) is 0. The molecule has 0 aliphatic rings. The maximum Gasteiger partial charge on any atom is 0.0540 e. The second kappa shape index (κ2) is 23.8. The van der Waals surface area contributed by atoms with Gasteiger partial charge < -0.3 is 9.80 Å². The molecule has 0 aliphatic carbocycles. The summed E-state index contributed by atoms with van der Waals surface area (Å²) in [5.74, 6) is 0. The molecule has 0 unspecified atom stereocenters. The number of benzene rings is 16. The third kappa shape index (κ3) is 10.2. The van der Waals surface area contributed by atoms with Gasteiger partial charge in [0.25, 0.3) is 0 Å². The largest absolute Gasteiger partial charge is 0.310 e. The smallest absolute Gasteiger partial charge is 0.0540 e. The second-order valence-corrected chi connectivity index (χ2v) is 24.9. The zero-order valence-corrected chi connectivity index (χ0v) is 51.8. The van der Waals surface area contributed by atoms with E-state index < -0.39 is 0 Å². The van der Waals surface area contributed by atoms with E-state index in [1.807, 2.05) is 11.3 Å². The minimum atomic E-state index is 1.05. The minimum Gasteiger partial charge on any atom is -0.310 e. The van der Waals surface area contributed by atoms with Crippen molar-refractivity contribution in [2.45, 2.75) is 0 Å². The lowest BCUT2D eigenvalue weighted by Gasteiger charge is -2.31. The van der Waals surface area contributed by atoms with Crippen molar-refractivity contribution >= 4 is 98.0 Å². The molecule has 0 atom stereocenters. The van der Waals surface area contributed by atoms with Crippen LogP contribution in [0.2, 0.25) is 0 Å². The van der Waals surface area contributed by atoms with Crippen molar-refractivity contribution in [2.24, 2.45) is 0 Å². The lowest BCUT2D eigenvalue weighted by molar-refractivity contribution is 1.27. The van der Waals surface area contributed by atoms with Crippen LogP contribution in [0, 0.1) is 0 Å². The number of nitrogens with zero attached hydrogens (tertiary/aromatic N) is 2. The van der Waals surface area contributed by atoms with E-state index in [4.69, 9.17) is 0 Å². The van der Waals surface area contributed by atoms with Gasteiger partial charge in [-0.2, -0.15) is 0 Å². The lowest BCUT2D eigenvalue weighted by Crippen LogP contribution is -2.13. The molecule has 0 fully saturated rings. The van der Waals surface area contributed by atoms with E-state index in [2.05, 4.69) is 374 Å². The molecule has 0 aliphatic heterocycles. The van der Waals surface area contributed by atoms with Crippen LogP contribution < -0.4 is 9.80 Å². The highest BCUT2D eigenvalue weighted by atomic mass is 32.1. The third-order valence-electron chi connectivity index (χ3n) is 18.5. The van der Waals surface area contributed by atoms with E-state index in [0.29, 0.717) is 0 Å². The summed E-state index contributed by atoms with van der Waals surface area (Å²) in [5.41, 5.74) is 22.9. The second-order valence-electron chi connectivity index (χ2n) is 23.9. The topological polar surface area (TPSA) is 6.48 Å². The SMILES string of the molecule is c1ccc(-c2ccc(-c3ccc(N(c4ccc(-c5cccc6ccccc56)cc4)c4ccccc4-c4ccccc4N(c4ccc(-c5ccc6ccccc6c5)cc4)c4ccc(-c5cccc6c5sc5c(-c7ccccc7)cccc56)cc4)cc3)c3ccccc23)cc1. The number of hydrogen-bond acceptors (Lipinski definition) is 3. The number of rotatable bonds is 13. The Morgan fingerprint density at radius 1 is 0.172 bits per heavy atom. The van der Waals surface area contributed by atoms with Crippen LogP contribution in [0.15, 0.2) is 364 Å². The Kier molecular flexibility index (Phi) is 14.1. The van der Waals surface area contributed by atoms with Crippen LogP contribution in [-0.2, 0) is 0 Å². The van der Waals surface area contributed by atoms with Gasteiger partial charge in [-0.1, -0.05) is 297 Å². The molecular formula is C90H60N2S. The standard InChI is InChI=1S/C90H60N2S/c1-3-21-63(22-4-1)77-58-59-78(82-30-12-11-29-81(77)82)67-46-54-73(55-47-67)92(72-52-44-66(45-53-72)76-33-17-27-64-25-9-10-28-75(64)76)88-39-16-14-32-84(88)83-31-13-15-38-87(83)91(71-50-42-62(43-51-71)70-41-40-61-20-7-8-26-69(61)60-70)74-56-48-68(49-57-74)80-35-19-37-86-85-36-18-34-79(89(85)93-90(80)86)65-23-5-2-6-24-65/h1-60H. The highest BCUT2D eigenvalue weighted by Crippen LogP contribution is 2.50. The summed E-state index contributed by atoms with van der Waals surface area (Å²) in [4.78, 5) is 4.88. The number of para-hydroxylation sites is 2. The molecule has 0 spiro atoms. The summed E-state index contributed by atoms with van der Waals surface area (Å²) >= 11 is 1.89. The fourth-order valence-corrected chi connectivity index (χ4v) is 15.4. The first-order chi connectivity index (χ1) is 46.1. The summed E-state index contributed by atoms with van der Waals surface area (Å²) < 4.78 is 2.60.